The molecule has 1 aliphatic carbocycles. The summed E-state index contributed by atoms with van der Waals surface area (Å²) in [7, 11) is 0. The van der Waals surface area contributed by atoms with E-state index in [0.29, 0.717) is 13.2 Å². The topological polar surface area (TPSA) is 61.7 Å². The monoisotopic (exact) mass is 265 g/mol. The van der Waals surface area contributed by atoms with Gasteiger partial charge in [-0.15, -0.1) is 0 Å². The van der Waals surface area contributed by atoms with Crippen LogP contribution in [0.25, 0.3) is 0 Å². The standard InChI is InChI=1S/C15H23NO3/c1-2-19-12-7-8-14(17)11(9-12)10-16-13-5-3-4-6-15(13)18/h7-9,13,15-18H,2-6,10H2,1H3. The zero-order valence-electron chi connectivity index (χ0n) is 11.4. The van der Waals surface area contributed by atoms with E-state index in [2.05, 4.69) is 5.32 Å². The Morgan fingerprint density at radius 3 is 2.84 bits per heavy atom. The summed E-state index contributed by atoms with van der Waals surface area (Å²) in [5.41, 5.74) is 0.809. The predicted molar refractivity (Wildman–Crippen MR) is 74.4 cm³/mol. The molecule has 0 amide bonds. The molecule has 1 aromatic carbocycles. The Balaban J connectivity index is 1.96. The van der Waals surface area contributed by atoms with Crippen LogP contribution in [-0.4, -0.2) is 29.0 Å². The van der Waals surface area contributed by atoms with E-state index in [-0.39, 0.29) is 17.9 Å². The van der Waals surface area contributed by atoms with Crippen molar-refractivity contribution in [3.8, 4) is 11.5 Å². The molecule has 3 N–H and O–H groups in total. The van der Waals surface area contributed by atoms with Crippen molar-refractivity contribution in [3.05, 3.63) is 23.8 Å². The van der Waals surface area contributed by atoms with Crippen LogP contribution in [0.3, 0.4) is 0 Å². The first-order valence-electron chi connectivity index (χ1n) is 7.07. The minimum atomic E-state index is -0.272. The molecule has 0 spiro atoms. The number of ether oxygens (including phenoxy) is 1. The molecule has 0 aromatic heterocycles. The van der Waals surface area contributed by atoms with Crippen molar-refractivity contribution in [1.29, 1.82) is 0 Å². The maximum absolute atomic E-state index is 9.91. The van der Waals surface area contributed by atoms with Crippen LogP contribution in [0.5, 0.6) is 11.5 Å². The number of aliphatic hydroxyl groups is 1. The molecule has 0 heterocycles. The molecule has 2 atom stereocenters. The molecule has 1 aliphatic rings. The summed E-state index contributed by atoms with van der Waals surface area (Å²) >= 11 is 0. The number of nitrogens with one attached hydrogen (secondary N) is 1. The third kappa shape index (κ3) is 3.85. The Labute approximate surface area is 114 Å². The Kier molecular flexibility index (Phi) is 5.05. The Bertz CT molecular complexity index is 408. The average Bonchev–Trinajstić information content (AvgIpc) is 2.41. The maximum Gasteiger partial charge on any atom is 0.120 e. The molecule has 0 aliphatic heterocycles. The van der Waals surface area contributed by atoms with Gasteiger partial charge in [0.2, 0.25) is 0 Å². The highest BCUT2D eigenvalue weighted by Crippen LogP contribution is 2.24. The van der Waals surface area contributed by atoms with E-state index in [1.54, 1.807) is 12.1 Å². The van der Waals surface area contributed by atoms with Gasteiger partial charge < -0.3 is 20.3 Å². The number of hydrogen-bond acceptors (Lipinski definition) is 4. The van der Waals surface area contributed by atoms with Crippen molar-refractivity contribution in [3.63, 3.8) is 0 Å². The smallest absolute Gasteiger partial charge is 0.120 e. The second-order valence-electron chi connectivity index (χ2n) is 5.06. The van der Waals surface area contributed by atoms with E-state index in [0.717, 1.165) is 37.0 Å². The summed E-state index contributed by atoms with van der Waals surface area (Å²) in [4.78, 5) is 0. The molecule has 2 rings (SSSR count). The summed E-state index contributed by atoms with van der Waals surface area (Å²) < 4.78 is 5.43. The van der Waals surface area contributed by atoms with Crippen molar-refractivity contribution < 1.29 is 14.9 Å². The average molecular weight is 265 g/mol. The molecule has 19 heavy (non-hydrogen) atoms. The van der Waals surface area contributed by atoms with Gasteiger partial charge in [0, 0.05) is 18.2 Å². The van der Waals surface area contributed by atoms with Gasteiger partial charge in [0.15, 0.2) is 0 Å². The highest BCUT2D eigenvalue weighted by Gasteiger charge is 2.22. The Morgan fingerprint density at radius 2 is 2.11 bits per heavy atom. The maximum atomic E-state index is 9.91. The van der Waals surface area contributed by atoms with Gasteiger partial charge in [-0.25, -0.2) is 0 Å². The molecular weight excluding hydrogens is 242 g/mol. The van der Waals surface area contributed by atoms with Gasteiger partial charge in [0.05, 0.1) is 12.7 Å². The molecule has 106 valence electrons. The first kappa shape index (κ1) is 14.2. The highest BCUT2D eigenvalue weighted by atomic mass is 16.5. The normalized spacial score (nSPS) is 23.3. The third-order valence-electron chi connectivity index (χ3n) is 3.65. The van der Waals surface area contributed by atoms with Crippen LogP contribution < -0.4 is 10.1 Å². The quantitative estimate of drug-likeness (QED) is 0.763. The molecule has 0 bridgehead atoms. The SMILES string of the molecule is CCOc1ccc(O)c(CNC2CCCCC2O)c1. The molecule has 0 radical (unpaired) electrons. The minimum absolute atomic E-state index is 0.129. The van der Waals surface area contributed by atoms with E-state index < -0.39 is 0 Å². The zero-order chi connectivity index (χ0) is 13.7. The largest absolute Gasteiger partial charge is 0.508 e. The summed E-state index contributed by atoms with van der Waals surface area (Å²) in [5.74, 6) is 1.03. The van der Waals surface area contributed by atoms with Crippen LogP contribution in [0.2, 0.25) is 0 Å². The summed E-state index contributed by atoms with van der Waals surface area (Å²) in [6.07, 6.45) is 3.84. The van der Waals surface area contributed by atoms with Gasteiger partial charge in [-0.05, 0) is 38.0 Å². The van der Waals surface area contributed by atoms with Crippen molar-refractivity contribution in [2.45, 2.75) is 51.3 Å². The van der Waals surface area contributed by atoms with Crippen LogP contribution in [-0.2, 0) is 6.54 Å². The lowest BCUT2D eigenvalue weighted by Gasteiger charge is -2.28. The molecular formula is C15H23NO3. The van der Waals surface area contributed by atoms with Gasteiger partial charge in [0.25, 0.3) is 0 Å². The summed E-state index contributed by atoms with van der Waals surface area (Å²) in [6.45, 7) is 3.09. The van der Waals surface area contributed by atoms with Crippen LogP contribution in [0.15, 0.2) is 18.2 Å². The van der Waals surface area contributed by atoms with Crippen LogP contribution in [0.1, 0.15) is 38.2 Å². The lowest BCUT2D eigenvalue weighted by atomic mass is 9.92. The van der Waals surface area contributed by atoms with E-state index in [1.165, 1.54) is 0 Å². The minimum Gasteiger partial charge on any atom is -0.508 e. The first-order chi connectivity index (χ1) is 9.20. The molecule has 4 nitrogen and oxygen atoms in total. The van der Waals surface area contributed by atoms with Gasteiger partial charge >= 0.3 is 0 Å². The fraction of sp³-hybridized carbons (Fsp3) is 0.600. The lowest BCUT2D eigenvalue weighted by molar-refractivity contribution is 0.0901. The second kappa shape index (κ2) is 6.78. The molecule has 2 unspecified atom stereocenters. The van der Waals surface area contributed by atoms with Crippen LogP contribution in [0, 0.1) is 0 Å². The van der Waals surface area contributed by atoms with Gasteiger partial charge in [-0.1, -0.05) is 12.8 Å². The van der Waals surface area contributed by atoms with E-state index in [1.807, 2.05) is 13.0 Å². The van der Waals surface area contributed by atoms with E-state index in [4.69, 9.17) is 4.74 Å². The van der Waals surface area contributed by atoms with Crippen molar-refractivity contribution in [2.75, 3.05) is 6.61 Å². The second-order valence-corrected chi connectivity index (χ2v) is 5.06. The third-order valence-corrected chi connectivity index (χ3v) is 3.65. The van der Waals surface area contributed by atoms with Gasteiger partial charge in [-0.3, -0.25) is 0 Å². The van der Waals surface area contributed by atoms with Crippen molar-refractivity contribution >= 4 is 0 Å². The molecule has 1 fully saturated rings. The summed E-state index contributed by atoms with van der Waals surface area (Å²) in [6, 6.07) is 5.39. The molecule has 1 aromatic rings. The molecule has 1 saturated carbocycles. The fourth-order valence-corrected chi connectivity index (χ4v) is 2.55. The van der Waals surface area contributed by atoms with Crippen molar-refractivity contribution in [2.24, 2.45) is 0 Å². The Morgan fingerprint density at radius 1 is 1.32 bits per heavy atom. The van der Waals surface area contributed by atoms with Crippen LogP contribution in [0.4, 0.5) is 0 Å². The summed E-state index contributed by atoms with van der Waals surface area (Å²) in [5, 5.41) is 23.1. The van der Waals surface area contributed by atoms with Crippen LogP contribution >= 0.6 is 0 Å². The number of aromatic hydroxyl groups is 1. The molecule has 4 heteroatoms. The van der Waals surface area contributed by atoms with Crippen molar-refractivity contribution in [1.82, 2.24) is 5.32 Å². The van der Waals surface area contributed by atoms with E-state index >= 15 is 0 Å². The first-order valence-corrected chi connectivity index (χ1v) is 7.07. The fourth-order valence-electron chi connectivity index (χ4n) is 2.55. The zero-order valence-corrected chi connectivity index (χ0v) is 11.4. The molecule has 0 saturated heterocycles. The number of benzene rings is 1. The lowest BCUT2D eigenvalue weighted by Crippen LogP contribution is -2.41. The number of phenols is 1. The van der Waals surface area contributed by atoms with Gasteiger partial charge in [-0.2, -0.15) is 0 Å². The highest BCUT2D eigenvalue weighted by molar-refractivity contribution is 5.39. The number of hydrogen-bond donors (Lipinski definition) is 3. The van der Waals surface area contributed by atoms with Gasteiger partial charge in [0.1, 0.15) is 11.5 Å². The number of phenolic OH excluding ortho intramolecular Hbond substituents is 1. The Hall–Kier alpha value is -1.26. The number of rotatable bonds is 5. The van der Waals surface area contributed by atoms with E-state index in [9.17, 15) is 10.2 Å². The number of aliphatic hydroxyl groups excluding tert-OH is 1. The predicted octanol–water partition coefficient (Wildman–Crippen LogP) is 2.18.